The van der Waals surface area contributed by atoms with Crippen LogP contribution in [-0.4, -0.2) is 76.0 Å². The van der Waals surface area contributed by atoms with Gasteiger partial charge in [0, 0.05) is 50.5 Å². The van der Waals surface area contributed by atoms with Gasteiger partial charge in [-0.2, -0.15) is 4.31 Å². The molecule has 9 nitrogen and oxygen atoms in total. The first-order chi connectivity index (χ1) is 14.3. The highest BCUT2D eigenvalue weighted by Crippen LogP contribution is 2.24. The van der Waals surface area contributed by atoms with Crippen molar-refractivity contribution in [3.8, 4) is 5.75 Å². The summed E-state index contributed by atoms with van der Waals surface area (Å²) in [4.78, 5) is 14.5. The van der Waals surface area contributed by atoms with Crippen molar-refractivity contribution in [3.63, 3.8) is 0 Å². The summed E-state index contributed by atoms with van der Waals surface area (Å²) < 4.78 is 32.8. The number of hydrogen-bond donors (Lipinski definition) is 0. The number of nitro groups is 1. The Balaban J connectivity index is 1.58. The number of likely N-dealkylation sites (N-methyl/N-ethyl adjacent to an activating group) is 1. The first-order valence-corrected chi connectivity index (χ1v) is 11.1. The molecule has 0 saturated carbocycles. The average Bonchev–Trinajstić information content (AvgIpc) is 2.74. The van der Waals surface area contributed by atoms with E-state index in [-0.39, 0.29) is 10.6 Å². The van der Waals surface area contributed by atoms with E-state index in [0.29, 0.717) is 32.8 Å². The molecule has 2 aromatic rings. The van der Waals surface area contributed by atoms with Crippen molar-refractivity contribution in [3.05, 3.63) is 58.6 Å². The number of rotatable bonds is 8. The summed E-state index contributed by atoms with van der Waals surface area (Å²) >= 11 is 0. The molecule has 0 amide bonds. The van der Waals surface area contributed by atoms with E-state index >= 15 is 0 Å². The van der Waals surface area contributed by atoms with Gasteiger partial charge in [0.1, 0.15) is 12.4 Å². The predicted octanol–water partition coefficient (Wildman–Crippen LogP) is 2.05. The molecule has 0 N–H and O–H groups in total. The highest BCUT2D eigenvalue weighted by atomic mass is 32.2. The molecule has 0 atom stereocenters. The summed E-state index contributed by atoms with van der Waals surface area (Å²) in [5.41, 5.74) is 0.884. The van der Waals surface area contributed by atoms with Crippen LogP contribution < -0.4 is 9.64 Å². The number of anilines is 1. The lowest BCUT2D eigenvalue weighted by molar-refractivity contribution is -0.384. The monoisotopic (exact) mass is 434 g/mol. The second kappa shape index (κ2) is 9.41. The van der Waals surface area contributed by atoms with Gasteiger partial charge in [0.05, 0.1) is 9.82 Å². The van der Waals surface area contributed by atoms with Crippen molar-refractivity contribution in [2.24, 2.45) is 0 Å². The maximum Gasteiger partial charge on any atom is 0.269 e. The molecule has 30 heavy (non-hydrogen) atoms. The van der Waals surface area contributed by atoms with Crippen LogP contribution in [0.2, 0.25) is 0 Å². The van der Waals surface area contributed by atoms with Crippen LogP contribution in [0.3, 0.4) is 0 Å². The summed E-state index contributed by atoms with van der Waals surface area (Å²) in [5, 5.41) is 10.8. The topological polar surface area (TPSA) is 96.2 Å². The molecule has 0 radical (unpaired) electrons. The third kappa shape index (κ3) is 5.26. The van der Waals surface area contributed by atoms with Gasteiger partial charge < -0.3 is 14.5 Å². The van der Waals surface area contributed by atoms with Gasteiger partial charge in [-0.05, 0) is 50.5 Å². The first kappa shape index (κ1) is 22.0. The van der Waals surface area contributed by atoms with Gasteiger partial charge >= 0.3 is 0 Å². The zero-order valence-corrected chi connectivity index (χ0v) is 17.9. The van der Waals surface area contributed by atoms with E-state index < -0.39 is 14.9 Å². The minimum Gasteiger partial charge on any atom is -0.492 e. The molecule has 10 heteroatoms. The third-order valence-electron chi connectivity index (χ3n) is 4.93. The van der Waals surface area contributed by atoms with Gasteiger partial charge in [-0.1, -0.05) is 0 Å². The Morgan fingerprint density at radius 2 is 1.60 bits per heavy atom. The van der Waals surface area contributed by atoms with Gasteiger partial charge in [0.2, 0.25) is 10.0 Å². The molecule has 0 aromatic heterocycles. The number of benzene rings is 2. The van der Waals surface area contributed by atoms with Crippen molar-refractivity contribution >= 4 is 21.4 Å². The Bertz CT molecular complexity index is 954. The minimum absolute atomic E-state index is 0.0702. The Hall–Kier alpha value is -2.69. The quantitative estimate of drug-likeness (QED) is 0.463. The van der Waals surface area contributed by atoms with Gasteiger partial charge in [0.25, 0.3) is 5.69 Å². The summed E-state index contributed by atoms with van der Waals surface area (Å²) in [5.74, 6) is 0.806. The number of nitrogens with zero attached hydrogens (tertiary/aromatic N) is 4. The fraction of sp³-hybridized carbons (Fsp3) is 0.400. The molecule has 3 rings (SSSR count). The number of sulfonamides is 1. The molecule has 1 aliphatic rings. The number of hydrogen-bond acceptors (Lipinski definition) is 7. The molecular weight excluding hydrogens is 408 g/mol. The van der Waals surface area contributed by atoms with Crippen molar-refractivity contribution in [2.75, 3.05) is 58.3 Å². The maximum absolute atomic E-state index is 12.8. The second-order valence-electron chi connectivity index (χ2n) is 7.29. The van der Waals surface area contributed by atoms with Crippen LogP contribution in [0.15, 0.2) is 53.4 Å². The smallest absolute Gasteiger partial charge is 0.269 e. The third-order valence-corrected chi connectivity index (χ3v) is 6.85. The molecule has 1 aliphatic heterocycles. The van der Waals surface area contributed by atoms with E-state index in [4.69, 9.17) is 4.74 Å². The Morgan fingerprint density at radius 3 is 2.13 bits per heavy atom. The van der Waals surface area contributed by atoms with Crippen LogP contribution in [-0.2, 0) is 10.0 Å². The molecule has 0 unspecified atom stereocenters. The Labute approximate surface area is 176 Å². The second-order valence-corrected chi connectivity index (χ2v) is 9.23. The van der Waals surface area contributed by atoms with Crippen LogP contribution in [0.25, 0.3) is 0 Å². The molecule has 162 valence electrons. The molecule has 1 heterocycles. The normalized spacial score (nSPS) is 15.4. The number of ether oxygens (including phenoxy) is 1. The number of non-ortho nitro benzene ring substituents is 1. The summed E-state index contributed by atoms with van der Waals surface area (Å²) in [7, 11) is 0.314. The Kier molecular flexibility index (Phi) is 6.91. The number of piperazine rings is 1. The van der Waals surface area contributed by atoms with Crippen LogP contribution >= 0.6 is 0 Å². The molecular formula is C20H26N4O5S. The van der Waals surface area contributed by atoms with E-state index in [2.05, 4.69) is 9.80 Å². The van der Waals surface area contributed by atoms with Crippen LogP contribution in [0.4, 0.5) is 11.4 Å². The molecule has 0 spiro atoms. The van der Waals surface area contributed by atoms with E-state index in [1.807, 2.05) is 38.4 Å². The van der Waals surface area contributed by atoms with Crippen molar-refractivity contribution in [1.82, 2.24) is 9.21 Å². The largest absolute Gasteiger partial charge is 0.492 e. The van der Waals surface area contributed by atoms with Crippen LogP contribution in [0.1, 0.15) is 0 Å². The highest BCUT2D eigenvalue weighted by Gasteiger charge is 2.29. The lowest BCUT2D eigenvalue weighted by Gasteiger charge is -2.35. The van der Waals surface area contributed by atoms with E-state index in [9.17, 15) is 18.5 Å². The van der Waals surface area contributed by atoms with Crippen LogP contribution in [0, 0.1) is 10.1 Å². The molecule has 1 fully saturated rings. The zero-order chi connectivity index (χ0) is 21.7. The highest BCUT2D eigenvalue weighted by molar-refractivity contribution is 7.89. The van der Waals surface area contributed by atoms with E-state index in [1.54, 1.807) is 0 Å². The summed E-state index contributed by atoms with van der Waals surface area (Å²) in [6.45, 7) is 3.28. The van der Waals surface area contributed by atoms with Crippen molar-refractivity contribution < 1.29 is 18.1 Å². The standard InChI is InChI=1S/C20H26N4O5S/c1-21(2)15-16-29-19-7-3-17(4-8-19)22-11-13-23(14-12-22)30(27,28)20-9-5-18(6-10-20)24(25)26/h3-10H,11-16H2,1-2H3. The fourth-order valence-electron chi connectivity index (χ4n) is 3.17. The van der Waals surface area contributed by atoms with Gasteiger partial charge in [-0.15, -0.1) is 0 Å². The molecule has 0 bridgehead atoms. The maximum atomic E-state index is 12.8. The van der Waals surface area contributed by atoms with Crippen molar-refractivity contribution in [2.45, 2.75) is 4.90 Å². The van der Waals surface area contributed by atoms with E-state index in [0.717, 1.165) is 18.0 Å². The SMILES string of the molecule is CN(C)CCOc1ccc(N2CCN(S(=O)(=O)c3ccc([N+](=O)[O-])cc3)CC2)cc1. The van der Waals surface area contributed by atoms with Gasteiger partial charge in [0.15, 0.2) is 0 Å². The lowest BCUT2D eigenvalue weighted by atomic mass is 10.2. The first-order valence-electron chi connectivity index (χ1n) is 9.64. The van der Waals surface area contributed by atoms with Gasteiger partial charge in [-0.25, -0.2) is 8.42 Å². The summed E-state index contributed by atoms with van der Waals surface area (Å²) in [6, 6.07) is 12.8. The Morgan fingerprint density at radius 1 is 1.00 bits per heavy atom. The zero-order valence-electron chi connectivity index (χ0n) is 17.1. The molecule has 0 aliphatic carbocycles. The molecule has 2 aromatic carbocycles. The van der Waals surface area contributed by atoms with E-state index in [1.165, 1.54) is 28.6 Å². The lowest BCUT2D eigenvalue weighted by Crippen LogP contribution is -2.48. The average molecular weight is 435 g/mol. The summed E-state index contributed by atoms with van der Waals surface area (Å²) in [6.07, 6.45) is 0. The van der Waals surface area contributed by atoms with Crippen molar-refractivity contribution in [1.29, 1.82) is 0 Å². The van der Waals surface area contributed by atoms with Crippen LogP contribution in [0.5, 0.6) is 5.75 Å². The molecule has 1 saturated heterocycles. The number of nitro benzene ring substituents is 1. The van der Waals surface area contributed by atoms with Gasteiger partial charge in [-0.3, -0.25) is 10.1 Å². The predicted molar refractivity (Wildman–Crippen MR) is 115 cm³/mol. The minimum atomic E-state index is -3.67. The fourth-order valence-corrected chi connectivity index (χ4v) is 4.60.